The lowest BCUT2D eigenvalue weighted by molar-refractivity contribution is 0.531. The maximum absolute atomic E-state index is 13.6. The average Bonchev–Trinajstić information content (AvgIpc) is 2.54. The van der Waals surface area contributed by atoms with Gasteiger partial charge in [-0.05, 0) is 36.0 Å². The maximum atomic E-state index is 13.6. The summed E-state index contributed by atoms with van der Waals surface area (Å²) < 4.78 is 14.4. The van der Waals surface area contributed by atoms with Crippen molar-refractivity contribution in [1.82, 2.24) is 10.3 Å². The Morgan fingerprint density at radius 3 is 2.77 bits per heavy atom. The number of nitrogens with zero attached hydrogens (tertiary/aromatic N) is 2. The third kappa shape index (κ3) is 4.89. The molecule has 0 aliphatic carbocycles. The number of hydrogen-bond acceptors (Lipinski definition) is 2. The van der Waals surface area contributed by atoms with Gasteiger partial charge in [-0.1, -0.05) is 46.3 Å². The van der Waals surface area contributed by atoms with Crippen LogP contribution in [-0.4, -0.2) is 23.4 Å². The van der Waals surface area contributed by atoms with Crippen LogP contribution in [0.4, 0.5) is 4.39 Å². The molecule has 0 amide bonds. The molecule has 2 rings (SSSR count). The molecule has 0 aromatic heterocycles. The van der Waals surface area contributed by atoms with E-state index in [4.69, 9.17) is 12.2 Å². The van der Waals surface area contributed by atoms with Crippen LogP contribution < -0.4 is 5.32 Å². The molecule has 22 heavy (non-hydrogen) atoms. The Hall–Kier alpha value is -1.79. The lowest BCUT2D eigenvalue weighted by Crippen LogP contribution is -2.33. The molecule has 0 aliphatic heterocycles. The van der Waals surface area contributed by atoms with Crippen LogP contribution in [0.2, 0.25) is 0 Å². The molecule has 0 saturated heterocycles. The van der Waals surface area contributed by atoms with Gasteiger partial charge in [-0.15, -0.1) is 0 Å². The molecule has 0 unspecified atom stereocenters. The first-order chi connectivity index (χ1) is 10.6. The van der Waals surface area contributed by atoms with E-state index < -0.39 is 0 Å². The molecule has 6 heteroatoms. The monoisotopic (exact) mass is 379 g/mol. The minimum absolute atomic E-state index is 0.330. The molecule has 1 N–H and O–H groups in total. The normalized spacial score (nSPS) is 10.7. The first kappa shape index (κ1) is 16.6. The van der Waals surface area contributed by atoms with Gasteiger partial charge in [-0.2, -0.15) is 5.10 Å². The number of nitrogens with one attached hydrogen (secondary N) is 1. The standard InChI is InChI=1S/C16H15BrFN3S/c1-21(16(22)19-10-12-5-3-2-4-6-12)20-11-13-9-14(17)7-8-15(13)18/h2-9,11H,10H2,1H3,(H,19,22)/b20-11-. The number of hydrazone groups is 1. The van der Waals surface area contributed by atoms with Crippen LogP contribution >= 0.6 is 28.1 Å². The second-order valence-electron chi connectivity index (χ2n) is 4.58. The zero-order valence-corrected chi connectivity index (χ0v) is 14.4. The summed E-state index contributed by atoms with van der Waals surface area (Å²) in [6.07, 6.45) is 1.44. The summed E-state index contributed by atoms with van der Waals surface area (Å²) in [5.74, 6) is -0.330. The van der Waals surface area contributed by atoms with E-state index in [0.717, 1.165) is 10.0 Å². The summed E-state index contributed by atoms with van der Waals surface area (Å²) in [7, 11) is 1.71. The molecular formula is C16H15BrFN3S. The number of hydrogen-bond donors (Lipinski definition) is 1. The van der Waals surface area contributed by atoms with E-state index in [-0.39, 0.29) is 5.82 Å². The molecule has 0 heterocycles. The van der Waals surface area contributed by atoms with Gasteiger partial charge < -0.3 is 5.32 Å². The smallest absolute Gasteiger partial charge is 0.189 e. The van der Waals surface area contributed by atoms with E-state index in [9.17, 15) is 4.39 Å². The summed E-state index contributed by atoms with van der Waals surface area (Å²) in [4.78, 5) is 0. The SMILES string of the molecule is CN(/N=C\c1cc(Br)ccc1F)C(=S)NCc1ccccc1. The molecule has 2 aromatic rings. The molecule has 114 valence electrons. The van der Waals surface area contributed by atoms with Crippen molar-refractivity contribution < 1.29 is 4.39 Å². The Balaban J connectivity index is 1.93. The van der Waals surface area contributed by atoms with Crippen molar-refractivity contribution in [3.8, 4) is 0 Å². The fourth-order valence-corrected chi connectivity index (χ4v) is 2.20. The fraction of sp³-hybridized carbons (Fsp3) is 0.125. The highest BCUT2D eigenvalue weighted by molar-refractivity contribution is 9.10. The Kier molecular flexibility index (Phi) is 6.03. The average molecular weight is 380 g/mol. The van der Waals surface area contributed by atoms with E-state index in [1.54, 1.807) is 19.2 Å². The van der Waals surface area contributed by atoms with Crippen LogP contribution in [-0.2, 0) is 6.54 Å². The van der Waals surface area contributed by atoms with E-state index >= 15 is 0 Å². The fourth-order valence-electron chi connectivity index (χ4n) is 1.70. The molecule has 3 nitrogen and oxygen atoms in total. The second kappa shape index (κ2) is 8.00. The maximum Gasteiger partial charge on any atom is 0.189 e. The molecule has 0 spiro atoms. The van der Waals surface area contributed by atoms with Crippen molar-refractivity contribution in [1.29, 1.82) is 0 Å². The summed E-state index contributed by atoms with van der Waals surface area (Å²) in [6, 6.07) is 14.6. The molecule has 0 radical (unpaired) electrons. The third-order valence-electron chi connectivity index (χ3n) is 2.91. The predicted octanol–water partition coefficient (Wildman–Crippen LogP) is 3.93. The van der Waals surface area contributed by atoms with E-state index in [2.05, 4.69) is 26.3 Å². The van der Waals surface area contributed by atoms with Gasteiger partial charge in [0.15, 0.2) is 5.11 Å². The first-order valence-electron chi connectivity index (χ1n) is 6.61. The van der Waals surface area contributed by atoms with Crippen LogP contribution in [0, 0.1) is 5.82 Å². The number of rotatable bonds is 4. The Labute approximate surface area is 143 Å². The van der Waals surface area contributed by atoms with Gasteiger partial charge in [0.25, 0.3) is 0 Å². The highest BCUT2D eigenvalue weighted by atomic mass is 79.9. The number of benzene rings is 2. The highest BCUT2D eigenvalue weighted by Gasteiger charge is 2.03. The van der Waals surface area contributed by atoms with E-state index in [1.165, 1.54) is 17.3 Å². The van der Waals surface area contributed by atoms with Crippen LogP contribution in [0.3, 0.4) is 0 Å². The van der Waals surface area contributed by atoms with Crippen LogP contribution in [0.15, 0.2) is 58.1 Å². The van der Waals surface area contributed by atoms with Crippen molar-refractivity contribution >= 4 is 39.5 Å². The molecule has 0 aliphatic rings. The molecular weight excluding hydrogens is 365 g/mol. The Morgan fingerprint density at radius 1 is 1.32 bits per heavy atom. The summed E-state index contributed by atoms with van der Waals surface area (Å²) >= 11 is 8.55. The van der Waals surface area contributed by atoms with Gasteiger partial charge in [0.1, 0.15) is 5.82 Å². The minimum Gasteiger partial charge on any atom is -0.357 e. The number of thiocarbonyl (C=S) groups is 1. The molecule has 0 atom stereocenters. The predicted molar refractivity (Wildman–Crippen MR) is 95.3 cm³/mol. The molecule has 2 aromatic carbocycles. The largest absolute Gasteiger partial charge is 0.357 e. The van der Waals surface area contributed by atoms with Crippen molar-refractivity contribution in [3.05, 3.63) is 69.9 Å². The first-order valence-corrected chi connectivity index (χ1v) is 7.81. The van der Waals surface area contributed by atoms with Gasteiger partial charge in [0.2, 0.25) is 0 Å². The Bertz CT molecular complexity index is 676. The van der Waals surface area contributed by atoms with Gasteiger partial charge in [0, 0.05) is 23.6 Å². The van der Waals surface area contributed by atoms with Crippen molar-refractivity contribution in [2.75, 3.05) is 7.05 Å². The van der Waals surface area contributed by atoms with Crippen molar-refractivity contribution in [2.24, 2.45) is 5.10 Å². The van der Waals surface area contributed by atoms with Crippen LogP contribution in [0.5, 0.6) is 0 Å². The van der Waals surface area contributed by atoms with Crippen LogP contribution in [0.1, 0.15) is 11.1 Å². The van der Waals surface area contributed by atoms with Gasteiger partial charge in [-0.3, -0.25) is 0 Å². The quantitative estimate of drug-likeness (QED) is 0.495. The molecule has 0 bridgehead atoms. The van der Waals surface area contributed by atoms with E-state index in [0.29, 0.717) is 17.2 Å². The van der Waals surface area contributed by atoms with Gasteiger partial charge >= 0.3 is 0 Å². The van der Waals surface area contributed by atoms with Crippen LogP contribution in [0.25, 0.3) is 0 Å². The lowest BCUT2D eigenvalue weighted by atomic mass is 10.2. The summed E-state index contributed by atoms with van der Waals surface area (Å²) in [5.41, 5.74) is 1.52. The minimum atomic E-state index is -0.330. The Morgan fingerprint density at radius 2 is 2.05 bits per heavy atom. The van der Waals surface area contributed by atoms with Crippen molar-refractivity contribution in [3.63, 3.8) is 0 Å². The number of halogens is 2. The summed E-state index contributed by atoms with van der Waals surface area (Å²) in [6.45, 7) is 0.616. The zero-order valence-electron chi connectivity index (χ0n) is 12.0. The van der Waals surface area contributed by atoms with Gasteiger partial charge in [0.05, 0.1) is 6.21 Å². The zero-order chi connectivity index (χ0) is 15.9. The van der Waals surface area contributed by atoms with Crippen molar-refractivity contribution in [2.45, 2.75) is 6.54 Å². The van der Waals surface area contributed by atoms with E-state index in [1.807, 2.05) is 30.3 Å². The molecule has 0 fully saturated rings. The topological polar surface area (TPSA) is 27.6 Å². The molecule has 0 saturated carbocycles. The summed E-state index contributed by atoms with van der Waals surface area (Å²) in [5, 5.41) is 9.22. The third-order valence-corrected chi connectivity index (χ3v) is 3.81. The van der Waals surface area contributed by atoms with Gasteiger partial charge in [-0.25, -0.2) is 9.40 Å². The lowest BCUT2D eigenvalue weighted by Gasteiger charge is -2.15. The highest BCUT2D eigenvalue weighted by Crippen LogP contribution is 2.14. The second-order valence-corrected chi connectivity index (χ2v) is 5.88.